The molecule has 0 saturated heterocycles. The molecule has 0 heterocycles. The number of nitro groups is 1. The van der Waals surface area contributed by atoms with Crippen LogP contribution in [-0.2, 0) is 0 Å². The molecule has 0 aliphatic heterocycles. The molecule has 0 aromatic heterocycles. The zero-order valence-electron chi connectivity index (χ0n) is 17.4. The lowest BCUT2D eigenvalue weighted by Gasteiger charge is -2.35. The molecule has 0 aliphatic carbocycles. The molecule has 2 aromatic rings. The number of methoxy groups -OCH3 is 1. The summed E-state index contributed by atoms with van der Waals surface area (Å²) in [5.74, 6) is -0.637. The molecule has 0 aliphatic rings. The first-order valence-corrected chi connectivity index (χ1v) is 9.01. The van der Waals surface area contributed by atoms with Crippen LogP contribution in [0.2, 0.25) is 0 Å². The van der Waals surface area contributed by atoms with Crippen molar-refractivity contribution in [3.63, 3.8) is 0 Å². The molecule has 2 rings (SSSR count). The molecule has 29 heavy (non-hydrogen) atoms. The lowest BCUT2D eigenvalue weighted by Crippen LogP contribution is -2.56. The quantitative estimate of drug-likeness (QED) is 0.622. The Hall–Kier alpha value is -3.42. The van der Waals surface area contributed by atoms with Crippen LogP contribution in [0.3, 0.4) is 0 Å². The average Bonchev–Trinajstić information content (AvgIpc) is 2.64. The van der Waals surface area contributed by atoms with E-state index in [1.54, 1.807) is 58.9 Å². The van der Waals surface area contributed by atoms with E-state index >= 15 is 0 Å². The Morgan fingerprint density at radius 3 is 2.31 bits per heavy atom. The largest absolute Gasteiger partial charge is 0.496 e. The molecule has 8 heteroatoms. The molecule has 1 N–H and O–H groups in total. The highest BCUT2D eigenvalue weighted by Gasteiger charge is 2.33. The van der Waals surface area contributed by atoms with Crippen molar-refractivity contribution in [2.45, 2.75) is 40.2 Å². The number of hydrogen-bond donors (Lipinski definition) is 1. The summed E-state index contributed by atoms with van der Waals surface area (Å²) in [5.41, 5.74) is 3.03. The smallest absolute Gasteiger partial charge is 0.282 e. The Labute approximate surface area is 169 Å². The highest BCUT2D eigenvalue weighted by Crippen LogP contribution is 2.25. The van der Waals surface area contributed by atoms with Crippen LogP contribution < -0.4 is 10.2 Å². The molecule has 2 amide bonds. The van der Waals surface area contributed by atoms with Crippen molar-refractivity contribution in [3.8, 4) is 5.75 Å². The second kappa shape index (κ2) is 8.30. The van der Waals surface area contributed by atoms with E-state index in [1.807, 2.05) is 0 Å². The van der Waals surface area contributed by atoms with Gasteiger partial charge in [-0.25, -0.2) is 5.01 Å². The van der Waals surface area contributed by atoms with Crippen LogP contribution in [-0.4, -0.2) is 34.4 Å². The predicted molar refractivity (Wildman–Crippen MR) is 109 cm³/mol. The number of benzene rings is 2. The second-order valence-corrected chi connectivity index (χ2v) is 7.66. The van der Waals surface area contributed by atoms with Crippen molar-refractivity contribution in [1.29, 1.82) is 0 Å². The molecule has 0 atom stereocenters. The van der Waals surface area contributed by atoms with Gasteiger partial charge in [0, 0.05) is 17.2 Å². The number of amides is 2. The van der Waals surface area contributed by atoms with Gasteiger partial charge in [-0.3, -0.25) is 25.1 Å². The molecule has 0 fully saturated rings. The summed E-state index contributed by atoms with van der Waals surface area (Å²) < 4.78 is 5.24. The normalized spacial score (nSPS) is 11.0. The Kier molecular flexibility index (Phi) is 6.26. The summed E-state index contributed by atoms with van der Waals surface area (Å²) in [5, 5.41) is 12.5. The van der Waals surface area contributed by atoms with E-state index in [1.165, 1.54) is 19.2 Å². The van der Waals surface area contributed by atoms with E-state index in [4.69, 9.17) is 4.74 Å². The maximum absolute atomic E-state index is 13.2. The SMILES string of the molecule is COc1cccc(C(=O)NN(C(=O)c2cc(C)ccc2[N+](=O)[O-])C(C)(C)C)c1C. The Bertz CT molecular complexity index is 963. The van der Waals surface area contributed by atoms with Gasteiger partial charge in [0.15, 0.2) is 0 Å². The van der Waals surface area contributed by atoms with Crippen molar-refractivity contribution in [3.05, 3.63) is 68.8 Å². The maximum Gasteiger partial charge on any atom is 0.282 e. The van der Waals surface area contributed by atoms with Crippen LogP contribution in [0.4, 0.5) is 5.69 Å². The fourth-order valence-corrected chi connectivity index (χ4v) is 2.87. The molecule has 154 valence electrons. The first-order valence-electron chi connectivity index (χ1n) is 9.01. The lowest BCUT2D eigenvalue weighted by molar-refractivity contribution is -0.385. The number of nitrogens with zero attached hydrogens (tertiary/aromatic N) is 2. The number of nitro benzene ring substituents is 1. The van der Waals surface area contributed by atoms with Gasteiger partial charge in [0.25, 0.3) is 17.5 Å². The monoisotopic (exact) mass is 399 g/mol. The van der Waals surface area contributed by atoms with Crippen molar-refractivity contribution < 1.29 is 19.2 Å². The first-order chi connectivity index (χ1) is 13.5. The Morgan fingerprint density at radius 1 is 1.10 bits per heavy atom. The minimum absolute atomic E-state index is 0.0902. The number of hydrogen-bond acceptors (Lipinski definition) is 5. The Balaban J connectivity index is 2.47. The van der Waals surface area contributed by atoms with Crippen molar-refractivity contribution >= 4 is 17.5 Å². The van der Waals surface area contributed by atoms with Crippen molar-refractivity contribution in [2.75, 3.05) is 7.11 Å². The molecule has 0 saturated carbocycles. The van der Waals surface area contributed by atoms with Gasteiger partial charge in [-0.15, -0.1) is 0 Å². The summed E-state index contributed by atoms with van der Waals surface area (Å²) in [6, 6.07) is 9.33. The van der Waals surface area contributed by atoms with Crippen LogP contribution in [0, 0.1) is 24.0 Å². The lowest BCUT2D eigenvalue weighted by atomic mass is 10.0. The van der Waals surface area contributed by atoms with Gasteiger partial charge < -0.3 is 4.74 Å². The first kappa shape index (κ1) is 21.9. The number of aryl methyl sites for hydroxylation is 1. The molecule has 0 radical (unpaired) electrons. The van der Waals surface area contributed by atoms with Gasteiger partial charge in [-0.2, -0.15) is 0 Å². The molecule has 2 aromatic carbocycles. The molecule has 0 bridgehead atoms. The molecule has 0 unspecified atom stereocenters. The topological polar surface area (TPSA) is 102 Å². The number of nitrogens with one attached hydrogen (secondary N) is 1. The summed E-state index contributed by atoms with van der Waals surface area (Å²) >= 11 is 0. The molecule has 8 nitrogen and oxygen atoms in total. The van der Waals surface area contributed by atoms with Crippen LogP contribution >= 0.6 is 0 Å². The van der Waals surface area contributed by atoms with Gasteiger partial charge >= 0.3 is 0 Å². The van der Waals surface area contributed by atoms with E-state index in [9.17, 15) is 19.7 Å². The van der Waals surface area contributed by atoms with Crippen LogP contribution in [0.15, 0.2) is 36.4 Å². The number of rotatable bonds is 4. The Morgan fingerprint density at radius 2 is 1.76 bits per heavy atom. The highest BCUT2D eigenvalue weighted by molar-refractivity contribution is 6.02. The summed E-state index contributed by atoms with van der Waals surface area (Å²) in [7, 11) is 1.51. The van der Waals surface area contributed by atoms with E-state index in [0.29, 0.717) is 22.4 Å². The maximum atomic E-state index is 13.2. The number of hydrazine groups is 1. The van der Waals surface area contributed by atoms with Gasteiger partial charge in [0.05, 0.1) is 17.6 Å². The fraction of sp³-hybridized carbons (Fsp3) is 0.333. The minimum Gasteiger partial charge on any atom is -0.496 e. The van der Waals surface area contributed by atoms with Crippen LogP contribution in [0.1, 0.15) is 52.6 Å². The summed E-state index contributed by atoms with van der Waals surface area (Å²) in [6.45, 7) is 8.66. The van der Waals surface area contributed by atoms with Gasteiger partial charge in [-0.1, -0.05) is 12.1 Å². The highest BCUT2D eigenvalue weighted by atomic mass is 16.6. The van der Waals surface area contributed by atoms with Crippen molar-refractivity contribution in [1.82, 2.24) is 10.4 Å². The minimum atomic E-state index is -0.836. The third kappa shape index (κ3) is 4.71. The zero-order valence-corrected chi connectivity index (χ0v) is 17.4. The number of carbonyl (C=O) groups is 2. The van der Waals surface area contributed by atoms with Gasteiger partial charge in [0.2, 0.25) is 0 Å². The van der Waals surface area contributed by atoms with Crippen LogP contribution in [0.5, 0.6) is 5.75 Å². The van der Waals surface area contributed by atoms with Crippen molar-refractivity contribution in [2.24, 2.45) is 0 Å². The summed E-state index contributed by atoms with van der Waals surface area (Å²) in [4.78, 5) is 36.9. The molecular weight excluding hydrogens is 374 g/mol. The summed E-state index contributed by atoms with van der Waals surface area (Å²) in [6.07, 6.45) is 0. The number of carbonyl (C=O) groups excluding carboxylic acids is 2. The predicted octanol–water partition coefficient (Wildman–Crippen LogP) is 3.81. The third-order valence-electron chi connectivity index (χ3n) is 4.42. The third-order valence-corrected chi connectivity index (χ3v) is 4.42. The standard InChI is InChI=1S/C21H25N3O5/c1-13-10-11-17(24(27)28)16(12-13)20(26)23(21(3,4)5)22-19(25)15-8-7-9-18(29-6)14(15)2/h7-12H,1-6H3,(H,22,25). The van der Waals surface area contributed by atoms with Gasteiger partial charge in [-0.05, 0) is 58.4 Å². The zero-order chi connectivity index (χ0) is 21.9. The van der Waals surface area contributed by atoms with E-state index in [-0.39, 0.29) is 11.3 Å². The van der Waals surface area contributed by atoms with E-state index in [0.717, 1.165) is 5.01 Å². The molecule has 0 spiro atoms. The molecular formula is C21H25N3O5. The van der Waals surface area contributed by atoms with Gasteiger partial charge in [0.1, 0.15) is 11.3 Å². The number of ether oxygens (including phenoxy) is 1. The van der Waals surface area contributed by atoms with E-state index < -0.39 is 22.3 Å². The fourth-order valence-electron chi connectivity index (χ4n) is 2.87. The second-order valence-electron chi connectivity index (χ2n) is 7.66. The van der Waals surface area contributed by atoms with E-state index in [2.05, 4.69) is 5.43 Å². The average molecular weight is 399 g/mol. The van der Waals surface area contributed by atoms with Crippen LogP contribution in [0.25, 0.3) is 0 Å².